The Balaban J connectivity index is 2.49. The number of aryl methyl sites for hydroxylation is 1. The summed E-state index contributed by atoms with van der Waals surface area (Å²) in [5.74, 6) is 0.263. The van der Waals surface area contributed by atoms with Gasteiger partial charge in [-0.1, -0.05) is 0 Å². The Hall–Kier alpha value is -1.09. The molecule has 3 heteroatoms. The van der Waals surface area contributed by atoms with Crippen LogP contribution in [0.15, 0.2) is 6.07 Å². The van der Waals surface area contributed by atoms with E-state index in [2.05, 4.69) is 4.98 Å². The minimum atomic E-state index is 0.263. The molecular weight excluding hydrogens is 154 g/mol. The molecule has 2 heterocycles. The van der Waals surface area contributed by atoms with Crippen molar-refractivity contribution in [3.63, 3.8) is 0 Å². The molecule has 0 aromatic carbocycles. The van der Waals surface area contributed by atoms with Gasteiger partial charge >= 0.3 is 0 Å². The van der Waals surface area contributed by atoms with Crippen LogP contribution in [-0.2, 0) is 17.8 Å². The van der Waals surface area contributed by atoms with Crippen LogP contribution >= 0.6 is 0 Å². The van der Waals surface area contributed by atoms with Crippen molar-refractivity contribution in [2.75, 3.05) is 6.61 Å². The number of aromatic hydroxyl groups is 1. The van der Waals surface area contributed by atoms with Gasteiger partial charge in [-0.3, -0.25) is 4.98 Å². The van der Waals surface area contributed by atoms with Crippen LogP contribution in [0.2, 0.25) is 0 Å². The Morgan fingerprint density at radius 2 is 2.42 bits per heavy atom. The minimum Gasteiger partial charge on any atom is -0.506 e. The third-order valence-corrected chi connectivity index (χ3v) is 2.10. The summed E-state index contributed by atoms with van der Waals surface area (Å²) in [7, 11) is 0. The number of ether oxygens (including phenoxy) is 1. The highest BCUT2D eigenvalue weighted by molar-refractivity contribution is 5.34. The molecule has 1 aromatic heterocycles. The molecule has 0 atom stereocenters. The first kappa shape index (κ1) is 7.55. The summed E-state index contributed by atoms with van der Waals surface area (Å²) in [5, 5.41) is 9.36. The summed E-state index contributed by atoms with van der Waals surface area (Å²) in [4.78, 5) is 4.28. The van der Waals surface area contributed by atoms with Gasteiger partial charge in [0.05, 0.1) is 18.9 Å². The molecule has 0 spiro atoms. The summed E-state index contributed by atoms with van der Waals surface area (Å²) in [6, 6.07) is 1.75. The Morgan fingerprint density at radius 3 is 3.25 bits per heavy atom. The fraction of sp³-hybridized carbons (Fsp3) is 0.444. The van der Waals surface area contributed by atoms with Crippen LogP contribution in [0.5, 0.6) is 5.75 Å². The fourth-order valence-electron chi connectivity index (χ4n) is 1.38. The van der Waals surface area contributed by atoms with E-state index in [1.165, 1.54) is 0 Å². The molecule has 0 fully saturated rings. The summed E-state index contributed by atoms with van der Waals surface area (Å²) in [6.07, 6.45) is 0.858. The normalized spacial score (nSPS) is 15.8. The second-order valence-electron chi connectivity index (χ2n) is 3.00. The number of fused-ring (bicyclic) bond motifs is 1. The Morgan fingerprint density at radius 1 is 1.58 bits per heavy atom. The first-order valence-electron chi connectivity index (χ1n) is 4.03. The van der Waals surface area contributed by atoms with Crippen molar-refractivity contribution < 1.29 is 9.84 Å². The van der Waals surface area contributed by atoms with Crippen LogP contribution in [0.4, 0.5) is 0 Å². The molecule has 1 N–H and O–H groups in total. The van der Waals surface area contributed by atoms with Gasteiger partial charge in [0.15, 0.2) is 0 Å². The van der Waals surface area contributed by atoms with E-state index >= 15 is 0 Å². The number of nitrogens with zero attached hydrogens (tertiary/aromatic N) is 1. The van der Waals surface area contributed by atoms with E-state index in [4.69, 9.17) is 4.74 Å². The minimum absolute atomic E-state index is 0.263. The standard InChI is InChI=1S/C9H11NO2/c1-6-9(11)4-7-5-12-3-2-8(7)10-6/h4,11H,2-3,5H2,1H3. The topological polar surface area (TPSA) is 42.4 Å². The van der Waals surface area contributed by atoms with E-state index < -0.39 is 0 Å². The molecule has 0 saturated carbocycles. The molecule has 1 aromatic rings. The maximum Gasteiger partial charge on any atom is 0.137 e. The second kappa shape index (κ2) is 2.75. The second-order valence-corrected chi connectivity index (χ2v) is 3.00. The van der Waals surface area contributed by atoms with Crippen LogP contribution in [0.3, 0.4) is 0 Å². The highest BCUT2D eigenvalue weighted by Crippen LogP contribution is 2.21. The molecule has 12 heavy (non-hydrogen) atoms. The maximum absolute atomic E-state index is 9.36. The molecular formula is C9H11NO2. The van der Waals surface area contributed by atoms with Crippen LogP contribution < -0.4 is 0 Å². The molecule has 0 radical (unpaired) electrons. The van der Waals surface area contributed by atoms with Gasteiger partial charge in [-0.25, -0.2) is 0 Å². The van der Waals surface area contributed by atoms with Gasteiger partial charge in [0, 0.05) is 17.7 Å². The number of pyridine rings is 1. The Labute approximate surface area is 71.0 Å². The zero-order valence-corrected chi connectivity index (χ0v) is 7.00. The molecule has 3 nitrogen and oxygen atoms in total. The summed E-state index contributed by atoms with van der Waals surface area (Å²) >= 11 is 0. The number of hydrogen-bond donors (Lipinski definition) is 1. The lowest BCUT2D eigenvalue weighted by Crippen LogP contribution is -2.12. The van der Waals surface area contributed by atoms with E-state index in [1.54, 1.807) is 6.07 Å². The molecule has 0 saturated heterocycles. The molecule has 0 aliphatic carbocycles. The largest absolute Gasteiger partial charge is 0.506 e. The summed E-state index contributed by atoms with van der Waals surface area (Å²) in [5.41, 5.74) is 2.79. The first-order valence-corrected chi connectivity index (χ1v) is 4.03. The lowest BCUT2D eigenvalue weighted by atomic mass is 10.1. The van der Waals surface area contributed by atoms with Gasteiger partial charge in [0.1, 0.15) is 5.75 Å². The van der Waals surface area contributed by atoms with Crippen molar-refractivity contribution in [2.24, 2.45) is 0 Å². The molecule has 1 aliphatic heterocycles. The van der Waals surface area contributed by atoms with Gasteiger partial charge in [-0.05, 0) is 13.0 Å². The highest BCUT2D eigenvalue weighted by atomic mass is 16.5. The van der Waals surface area contributed by atoms with E-state index in [0.29, 0.717) is 12.3 Å². The highest BCUT2D eigenvalue weighted by Gasteiger charge is 2.12. The van der Waals surface area contributed by atoms with Crippen molar-refractivity contribution in [3.8, 4) is 5.75 Å². The predicted octanol–water partition coefficient (Wildman–Crippen LogP) is 1.17. The first-order chi connectivity index (χ1) is 5.77. The maximum atomic E-state index is 9.36. The van der Waals surface area contributed by atoms with Gasteiger partial charge in [0.2, 0.25) is 0 Å². The molecule has 0 amide bonds. The third-order valence-electron chi connectivity index (χ3n) is 2.10. The zero-order chi connectivity index (χ0) is 8.55. The van der Waals surface area contributed by atoms with Gasteiger partial charge in [-0.2, -0.15) is 0 Å². The summed E-state index contributed by atoms with van der Waals surface area (Å²) < 4.78 is 5.24. The quantitative estimate of drug-likeness (QED) is 0.627. The molecule has 1 aliphatic rings. The third kappa shape index (κ3) is 1.16. The van der Waals surface area contributed by atoms with Gasteiger partial charge in [0.25, 0.3) is 0 Å². The SMILES string of the molecule is Cc1nc2c(cc1O)COCC2. The lowest BCUT2D eigenvalue weighted by molar-refractivity contribution is 0.109. The van der Waals surface area contributed by atoms with Crippen LogP contribution in [0.1, 0.15) is 17.0 Å². The molecule has 0 unspecified atom stereocenters. The van der Waals surface area contributed by atoms with E-state index in [9.17, 15) is 5.11 Å². The Kier molecular flexibility index (Phi) is 1.73. The predicted molar refractivity (Wildman–Crippen MR) is 44.0 cm³/mol. The van der Waals surface area contributed by atoms with Crippen LogP contribution in [-0.4, -0.2) is 16.7 Å². The van der Waals surface area contributed by atoms with Crippen molar-refractivity contribution >= 4 is 0 Å². The van der Waals surface area contributed by atoms with E-state index in [1.807, 2.05) is 6.92 Å². The lowest BCUT2D eigenvalue weighted by Gasteiger charge is -2.16. The summed E-state index contributed by atoms with van der Waals surface area (Å²) in [6.45, 7) is 3.13. The van der Waals surface area contributed by atoms with E-state index in [-0.39, 0.29) is 5.75 Å². The van der Waals surface area contributed by atoms with Crippen molar-refractivity contribution in [3.05, 3.63) is 23.0 Å². The number of rotatable bonds is 0. The average molecular weight is 165 g/mol. The van der Waals surface area contributed by atoms with E-state index in [0.717, 1.165) is 24.3 Å². The van der Waals surface area contributed by atoms with Crippen LogP contribution in [0, 0.1) is 6.92 Å². The average Bonchev–Trinajstić information content (AvgIpc) is 2.07. The zero-order valence-electron chi connectivity index (χ0n) is 7.00. The molecule has 64 valence electrons. The monoisotopic (exact) mass is 165 g/mol. The Bertz CT molecular complexity index is 279. The fourth-order valence-corrected chi connectivity index (χ4v) is 1.38. The number of hydrogen-bond acceptors (Lipinski definition) is 3. The van der Waals surface area contributed by atoms with Gasteiger partial charge in [-0.15, -0.1) is 0 Å². The van der Waals surface area contributed by atoms with Crippen LogP contribution in [0.25, 0.3) is 0 Å². The molecule has 0 bridgehead atoms. The van der Waals surface area contributed by atoms with Crippen molar-refractivity contribution in [2.45, 2.75) is 20.0 Å². The van der Waals surface area contributed by atoms with Crippen molar-refractivity contribution in [1.82, 2.24) is 4.98 Å². The molecule has 2 rings (SSSR count). The van der Waals surface area contributed by atoms with Gasteiger partial charge < -0.3 is 9.84 Å². The number of aromatic nitrogens is 1. The van der Waals surface area contributed by atoms with Crippen molar-refractivity contribution in [1.29, 1.82) is 0 Å². The smallest absolute Gasteiger partial charge is 0.137 e.